The van der Waals surface area contributed by atoms with Crippen LogP contribution in [0.3, 0.4) is 0 Å². The van der Waals surface area contributed by atoms with Crippen molar-refractivity contribution in [2.75, 3.05) is 23.4 Å². The minimum atomic E-state index is -0.199. The molecule has 1 aromatic carbocycles. The van der Waals surface area contributed by atoms with Gasteiger partial charge in [-0.2, -0.15) is 0 Å². The van der Waals surface area contributed by atoms with Gasteiger partial charge in [0.1, 0.15) is 0 Å². The quantitative estimate of drug-likeness (QED) is 0.701. The predicted molar refractivity (Wildman–Crippen MR) is 108 cm³/mol. The van der Waals surface area contributed by atoms with Gasteiger partial charge in [-0.3, -0.25) is 0 Å². The van der Waals surface area contributed by atoms with Crippen LogP contribution in [0.1, 0.15) is 5.69 Å². The lowest BCUT2D eigenvalue weighted by Gasteiger charge is -2.11. The third-order valence-corrected chi connectivity index (χ3v) is 8.69. The van der Waals surface area contributed by atoms with Crippen molar-refractivity contribution in [3.8, 4) is 0 Å². The normalized spacial score (nSPS) is 14.8. The van der Waals surface area contributed by atoms with Crippen LogP contribution in [0.5, 0.6) is 0 Å². The Morgan fingerprint density at radius 3 is 2.88 bits per heavy atom. The molecular formula is C15H16ClN3OS4. The molecule has 24 heavy (non-hydrogen) atoms. The average molecular weight is 418 g/mol. The number of benzene rings is 1. The highest BCUT2D eigenvalue weighted by Gasteiger charge is 2.16. The molecule has 2 N–H and O–H groups in total. The molecule has 2 heterocycles. The highest BCUT2D eigenvalue weighted by atomic mass is 35.5. The number of thioether (sulfide) groups is 2. The Labute approximate surface area is 162 Å². The van der Waals surface area contributed by atoms with Gasteiger partial charge in [0.25, 0.3) is 0 Å². The molecule has 1 saturated heterocycles. The maximum atomic E-state index is 12.0. The van der Waals surface area contributed by atoms with E-state index in [9.17, 15) is 4.79 Å². The number of urea groups is 1. The summed E-state index contributed by atoms with van der Waals surface area (Å²) in [4.78, 5) is 17.3. The standard InChI is InChI=1S/C15H16ClN3OS4/c1-9-8-23-15(18-9)24-12-3-2-10(6-11(12)16)19-14(20)17-7-13-21-4-5-22-13/h2-3,6,8,13H,4-5,7H2,1H3,(H2,17,19,20). The molecule has 0 saturated carbocycles. The summed E-state index contributed by atoms with van der Waals surface area (Å²) in [5.74, 6) is 2.32. The lowest BCUT2D eigenvalue weighted by Crippen LogP contribution is -2.32. The Kier molecular flexibility index (Phi) is 6.63. The van der Waals surface area contributed by atoms with E-state index in [0.29, 0.717) is 21.8 Å². The van der Waals surface area contributed by atoms with E-state index in [1.165, 1.54) is 11.8 Å². The third-order valence-electron chi connectivity index (χ3n) is 3.11. The van der Waals surface area contributed by atoms with E-state index in [2.05, 4.69) is 15.6 Å². The SMILES string of the molecule is Cc1csc(Sc2ccc(NC(=O)NCC3SCCS3)cc2Cl)n1. The van der Waals surface area contributed by atoms with Crippen molar-refractivity contribution in [1.82, 2.24) is 10.3 Å². The molecule has 0 atom stereocenters. The third kappa shape index (κ3) is 5.23. The van der Waals surface area contributed by atoms with Gasteiger partial charge < -0.3 is 10.6 Å². The van der Waals surface area contributed by atoms with E-state index in [1.807, 2.05) is 48.0 Å². The van der Waals surface area contributed by atoms with Gasteiger partial charge in [-0.05, 0) is 25.1 Å². The fraction of sp³-hybridized carbons (Fsp3) is 0.333. The van der Waals surface area contributed by atoms with Crippen LogP contribution in [-0.4, -0.2) is 33.6 Å². The van der Waals surface area contributed by atoms with Crippen LogP contribution in [0.4, 0.5) is 10.5 Å². The zero-order valence-electron chi connectivity index (χ0n) is 12.9. The van der Waals surface area contributed by atoms with E-state index in [4.69, 9.17) is 11.6 Å². The highest BCUT2D eigenvalue weighted by molar-refractivity contribution is 8.20. The number of aryl methyl sites for hydroxylation is 1. The molecule has 1 aliphatic rings. The average Bonchev–Trinajstić information content (AvgIpc) is 3.20. The summed E-state index contributed by atoms with van der Waals surface area (Å²) in [6.07, 6.45) is 0. The number of hydrogen-bond donors (Lipinski definition) is 2. The van der Waals surface area contributed by atoms with Gasteiger partial charge in [-0.1, -0.05) is 23.4 Å². The van der Waals surface area contributed by atoms with Crippen molar-refractivity contribution in [1.29, 1.82) is 0 Å². The van der Waals surface area contributed by atoms with Crippen LogP contribution >= 0.6 is 58.2 Å². The fourth-order valence-corrected chi connectivity index (χ4v) is 6.76. The summed E-state index contributed by atoms with van der Waals surface area (Å²) in [6.45, 7) is 2.64. The molecule has 1 aliphatic heterocycles. The molecule has 0 aliphatic carbocycles. The van der Waals surface area contributed by atoms with E-state index >= 15 is 0 Å². The Bertz CT molecular complexity index is 718. The number of anilines is 1. The van der Waals surface area contributed by atoms with Crippen LogP contribution < -0.4 is 10.6 Å². The molecule has 0 radical (unpaired) electrons. The van der Waals surface area contributed by atoms with Gasteiger partial charge in [-0.25, -0.2) is 9.78 Å². The number of carbonyl (C=O) groups excluding carboxylic acids is 1. The van der Waals surface area contributed by atoms with Crippen molar-refractivity contribution in [3.05, 3.63) is 34.3 Å². The number of carbonyl (C=O) groups is 1. The zero-order chi connectivity index (χ0) is 16.9. The summed E-state index contributed by atoms with van der Waals surface area (Å²) < 4.78 is 1.42. The Hall–Kier alpha value is -0.540. The molecule has 4 nitrogen and oxygen atoms in total. The number of aromatic nitrogens is 1. The molecule has 2 aromatic rings. The molecule has 1 aromatic heterocycles. The van der Waals surface area contributed by atoms with Gasteiger partial charge in [0.05, 0.1) is 9.60 Å². The minimum absolute atomic E-state index is 0.199. The second kappa shape index (κ2) is 8.71. The van der Waals surface area contributed by atoms with Gasteiger partial charge in [-0.15, -0.1) is 34.9 Å². The molecule has 128 valence electrons. The van der Waals surface area contributed by atoms with E-state index in [0.717, 1.165) is 26.4 Å². The lowest BCUT2D eigenvalue weighted by atomic mass is 10.3. The number of hydrogen-bond acceptors (Lipinski definition) is 6. The maximum absolute atomic E-state index is 12.0. The molecule has 0 bridgehead atoms. The van der Waals surface area contributed by atoms with Crippen LogP contribution in [-0.2, 0) is 0 Å². The van der Waals surface area contributed by atoms with Crippen molar-refractivity contribution in [2.24, 2.45) is 0 Å². The molecule has 0 unspecified atom stereocenters. The van der Waals surface area contributed by atoms with Gasteiger partial charge in [0.2, 0.25) is 0 Å². The summed E-state index contributed by atoms with van der Waals surface area (Å²) in [5, 5.41) is 8.34. The monoisotopic (exact) mass is 417 g/mol. The summed E-state index contributed by atoms with van der Waals surface area (Å²) >= 11 is 13.2. The second-order valence-electron chi connectivity index (χ2n) is 5.01. The van der Waals surface area contributed by atoms with Crippen molar-refractivity contribution < 1.29 is 4.79 Å². The Balaban J connectivity index is 1.54. The summed E-state index contributed by atoms with van der Waals surface area (Å²) in [7, 11) is 0. The number of nitrogens with zero attached hydrogens (tertiary/aromatic N) is 1. The van der Waals surface area contributed by atoms with Crippen molar-refractivity contribution >= 4 is 69.9 Å². The first-order chi connectivity index (χ1) is 11.6. The molecular weight excluding hydrogens is 402 g/mol. The van der Waals surface area contributed by atoms with E-state index in [-0.39, 0.29) is 6.03 Å². The number of halogens is 1. The van der Waals surface area contributed by atoms with E-state index < -0.39 is 0 Å². The number of amides is 2. The molecule has 2 amide bonds. The van der Waals surface area contributed by atoms with Crippen LogP contribution in [0.15, 0.2) is 32.8 Å². The second-order valence-corrected chi connectivity index (χ2v) is 10.5. The van der Waals surface area contributed by atoms with Crippen molar-refractivity contribution in [2.45, 2.75) is 20.7 Å². The molecule has 0 spiro atoms. The zero-order valence-corrected chi connectivity index (χ0v) is 16.9. The fourth-order valence-electron chi connectivity index (χ4n) is 2.01. The van der Waals surface area contributed by atoms with Crippen LogP contribution in [0, 0.1) is 6.92 Å². The first-order valence-corrected chi connectivity index (χ1v) is 11.4. The van der Waals surface area contributed by atoms with E-state index in [1.54, 1.807) is 17.4 Å². The topological polar surface area (TPSA) is 54.0 Å². The van der Waals surface area contributed by atoms with Crippen LogP contribution in [0.25, 0.3) is 0 Å². The first-order valence-electron chi connectivity index (χ1n) is 7.28. The predicted octanol–water partition coefficient (Wildman–Crippen LogP) is 5.18. The minimum Gasteiger partial charge on any atom is -0.336 e. The Morgan fingerprint density at radius 2 is 2.21 bits per heavy atom. The number of nitrogens with one attached hydrogen (secondary N) is 2. The maximum Gasteiger partial charge on any atom is 0.319 e. The Morgan fingerprint density at radius 1 is 1.42 bits per heavy atom. The van der Waals surface area contributed by atoms with Gasteiger partial charge >= 0.3 is 6.03 Å². The molecule has 1 fully saturated rings. The van der Waals surface area contributed by atoms with Crippen LogP contribution in [0.2, 0.25) is 5.02 Å². The number of rotatable bonds is 5. The summed E-state index contributed by atoms with van der Waals surface area (Å²) in [6, 6.07) is 5.33. The largest absolute Gasteiger partial charge is 0.336 e. The summed E-state index contributed by atoms with van der Waals surface area (Å²) in [5.41, 5.74) is 1.69. The van der Waals surface area contributed by atoms with Gasteiger partial charge in [0, 0.05) is 39.7 Å². The van der Waals surface area contributed by atoms with Gasteiger partial charge in [0.15, 0.2) is 4.34 Å². The first kappa shape index (κ1) is 18.3. The highest BCUT2D eigenvalue weighted by Crippen LogP contribution is 2.36. The number of thiazole rings is 1. The smallest absolute Gasteiger partial charge is 0.319 e. The lowest BCUT2D eigenvalue weighted by molar-refractivity contribution is 0.252. The van der Waals surface area contributed by atoms with Crippen molar-refractivity contribution in [3.63, 3.8) is 0 Å². The molecule has 3 rings (SSSR count). The molecule has 9 heteroatoms.